The minimum atomic E-state index is -4.61. The van der Waals surface area contributed by atoms with Crippen molar-refractivity contribution in [3.8, 4) is 0 Å². The average molecular weight is 186 g/mol. The van der Waals surface area contributed by atoms with Crippen molar-refractivity contribution in [1.82, 2.24) is 0 Å². The first-order chi connectivity index (χ1) is 4.41. The molecule has 0 heterocycles. The van der Waals surface area contributed by atoms with Crippen molar-refractivity contribution in [2.75, 3.05) is 0 Å². The normalized spacial score (nSPS) is 8.60. The zero-order valence-electron chi connectivity index (χ0n) is 7.00. The number of hydrogen-bond donors (Lipinski definition) is 4. The second kappa shape index (κ2) is 13.6. The Kier molecular flexibility index (Phi) is 24.5. The van der Waals surface area contributed by atoms with Crippen molar-refractivity contribution >= 4 is 64.9 Å². The quantitative estimate of drug-likeness (QED) is 0.336. The van der Waals surface area contributed by atoms with Gasteiger partial charge in [0, 0.05) is 0 Å². The molecule has 0 rings (SSSR count). The second-order valence-electron chi connectivity index (χ2n) is 1.31. The third kappa shape index (κ3) is 195. The van der Waals surface area contributed by atoms with Gasteiger partial charge in [0.25, 0.3) is 0 Å². The van der Waals surface area contributed by atoms with E-state index in [2.05, 4.69) is 11.1 Å². The van der Waals surface area contributed by atoms with Crippen LogP contribution in [0.1, 0.15) is 6.92 Å². The Morgan fingerprint density at radius 1 is 1.10 bits per heavy atom. The van der Waals surface area contributed by atoms with E-state index in [0.29, 0.717) is 0 Å². The number of hydrogen-bond acceptors (Lipinski definition) is 4. The zero-order valence-corrected chi connectivity index (χ0v) is 12.0. The standard InChI is InChI=1S/C2H5.CH3.2Na.H4O4Si/c1-2;;;;1-5(2,3)4/h1H2,2H3;1H3;;;1-4H. The summed E-state index contributed by atoms with van der Waals surface area (Å²) in [6, 6.07) is 0. The van der Waals surface area contributed by atoms with Gasteiger partial charge in [0.05, 0.1) is 0 Å². The summed E-state index contributed by atoms with van der Waals surface area (Å²) in [7, 11) is -4.61. The summed E-state index contributed by atoms with van der Waals surface area (Å²) in [6.07, 6.45) is 0. The molecule has 4 nitrogen and oxygen atoms in total. The van der Waals surface area contributed by atoms with Gasteiger partial charge in [0.1, 0.15) is 0 Å². The molecule has 0 aromatic rings. The molecule has 0 aliphatic rings. The van der Waals surface area contributed by atoms with E-state index in [4.69, 9.17) is 19.2 Å². The van der Waals surface area contributed by atoms with Gasteiger partial charge in [0.2, 0.25) is 0 Å². The first-order valence-corrected chi connectivity index (χ1v) is 8.51. The van der Waals surface area contributed by atoms with E-state index in [0.717, 1.165) is 0 Å². The van der Waals surface area contributed by atoms with Crippen molar-refractivity contribution in [3.63, 3.8) is 0 Å². The summed E-state index contributed by atoms with van der Waals surface area (Å²) in [4.78, 5) is 29.3. The van der Waals surface area contributed by atoms with E-state index in [1.807, 2.05) is 0 Å². The van der Waals surface area contributed by atoms with Crippen LogP contribution in [0.2, 0.25) is 7.84 Å². The first-order valence-electron chi connectivity index (χ1n) is 3.31. The second-order valence-corrected chi connectivity index (χ2v) is 3.92. The van der Waals surface area contributed by atoms with Crippen LogP contribution in [0.15, 0.2) is 0 Å². The summed E-state index contributed by atoms with van der Waals surface area (Å²) in [6.45, 7) is 2.19. The molecule has 0 bridgehead atoms. The molecule has 0 aliphatic heterocycles. The maximum atomic E-state index is 7.33. The predicted molar refractivity (Wildman–Crippen MR) is 42.5 cm³/mol. The number of rotatable bonds is 0. The molecule has 0 aromatic carbocycles. The van der Waals surface area contributed by atoms with Crippen LogP contribution in [0.3, 0.4) is 0 Å². The van der Waals surface area contributed by atoms with Gasteiger partial charge in [-0.1, -0.05) is 0 Å². The van der Waals surface area contributed by atoms with Crippen LogP contribution in [-0.4, -0.2) is 84.1 Å². The van der Waals surface area contributed by atoms with E-state index >= 15 is 0 Å². The van der Waals surface area contributed by atoms with E-state index in [1.54, 1.807) is 0 Å². The third-order valence-corrected chi connectivity index (χ3v) is 0. The fraction of sp³-hybridized carbons (Fsp3) is 1.00. The van der Waals surface area contributed by atoms with Gasteiger partial charge >= 0.3 is 79.7 Å². The molecule has 54 valence electrons. The van der Waals surface area contributed by atoms with Crippen LogP contribution in [-0.2, 0) is 0 Å². The van der Waals surface area contributed by atoms with Crippen LogP contribution in [0.5, 0.6) is 0 Å². The summed E-state index contributed by atoms with van der Waals surface area (Å²) in [5.41, 5.74) is 0. The molecule has 0 saturated heterocycles. The zero-order chi connectivity index (χ0) is 9.21. The molecule has 0 amide bonds. The Balaban J connectivity index is -0.0000000847. The minimum absolute atomic E-state index is 1.31. The van der Waals surface area contributed by atoms with Gasteiger partial charge in [-0.3, -0.25) is 0 Å². The van der Waals surface area contributed by atoms with Crippen molar-refractivity contribution < 1.29 is 19.2 Å². The molecule has 0 fully saturated rings. The fourth-order valence-electron chi connectivity index (χ4n) is 0. The van der Waals surface area contributed by atoms with Gasteiger partial charge in [0.15, 0.2) is 0 Å². The van der Waals surface area contributed by atoms with Crippen LogP contribution in [0.25, 0.3) is 0 Å². The van der Waals surface area contributed by atoms with Gasteiger partial charge in [-0.2, -0.15) is 0 Å². The van der Waals surface area contributed by atoms with Crippen LogP contribution in [0, 0.1) is 0 Å². The molecular weight excluding hydrogens is 174 g/mol. The molecule has 0 aliphatic carbocycles. The van der Waals surface area contributed by atoms with E-state index < -0.39 is 9.05 Å². The Bertz CT molecular complexity index is 42.3. The van der Waals surface area contributed by atoms with Crippen LogP contribution < -0.4 is 0 Å². The molecule has 0 saturated carbocycles. The summed E-state index contributed by atoms with van der Waals surface area (Å²) in [5, 5.41) is 0. The molecule has 0 aromatic heterocycles. The van der Waals surface area contributed by atoms with Gasteiger partial charge in [-0.05, 0) is 0 Å². The van der Waals surface area contributed by atoms with Gasteiger partial charge in [-0.15, -0.1) is 0 Å². The Morgan fingerprint density at radius 3 is 1.10 bits per heavy atom. The fourth-order valence-corrected chi connectivity index (χ4v) is 0. The summed E-state index contributed by atoms with van der Waals surface area (Å²) in [5.74, 6) is 0. The third-order valence-electron chi connectivity index (χ3n) is 0. The van der Waals surface area contributed by atoms with Crippen molar-refractivity contribution in [2.24, 2.45) is 0 Å². The van der Waals surface area contributed by atoms with Crippen molar-refractivity contribution in [2.45, 2.75) is 14.8 Å². The van der Waals surface area contributed by atoms with Crippen LogP contribution in [0.4, 0.5) is 0 Å². The van der Waals surface area contributed by atoms with Crippen molar-refractivity contribution in [3.05, 3.63) is 0 Å². The molecule has 0 unspecified atom stereocenters. The molecular formula is C3H12Na2O4Si. The summed E-state index contributed by atoms with van der Waals surface area (Å²) >= 11 is 2.67. The predicted octanol–water partition coefficient (Wildman–Crippen LogP) is -1.81. The summed E-state index contributed by atoms with van der Waals surface area (Å²) < 4.78 is 3.53. The molecule has 4 N–H and O–H groups in total. The molecule has 7 heteroatoms. The first kappa shape index (κ1) is 18.0. The Hall–Kier alpha value is 2.06. The SMILES string of the molecule is C[CH2][Na].O[Si](O)(O)O.[CH3][Na]. The van der Waals surface area contributed by atoms with Crippen LogP contribution >= 0.6 is 0 Å². The molecule has 10 heavy (non-hydrogen) atoms. The van der Waals surface area contributed by atoms with E-state index in [-0.39, 0.29) is 0 Å². The van der Waals surface area contributed by atoms with E-state index in [9.17, 15) is 0 Å². The monoisotopic (exact) mass is 186 g/mol. The molecule has 0 radical (unpaired) electrons. The topological polar surface area (TPSA) is 80.9 Å². The molecule has 0 atom stereocenters. The average Bonchev–Trinajstić information content (AvgIpc) is 1.68. The van der Waals surface area contributed by atoms with E-state index in [1.165, 1.54) is 59.5 Å². The van der Waals surface area contributed by atoms with Crippen molar-refractivity contribution in [1.29, 1.82) is 0 Å². The van der Waals surface area contributed by atoms with Gasteiger partial charge in [-0.25, -0.2) is 0 Å². The van der Waals surface area contributed by atoms with Gasteiger partial charge < -0.3 is 19.2 Å². The molecule has 0 spiro atoms. The maximum absolute atomic E-state index is 7.33. The Labute approximate surface area is 97.6 Å². The Morgan fingerprint density at radius 2 is 1.10 bits per heavy atom.